The Morgan fingerprint density at radius 3 is 2.68 bits per heavy atom. The summed E-state index contributed by atoms with van der Waals surface area (Å²) in [6.07, 6.45) is 0. The number of nitrogens with one attached hydrogen (secondary N) is 1. The molecular formula is C17H16BrN5O2. The van der Waals surface area contributed by atoms with Crippen molar-refractivity contribution in [3.63, 3.8) is 0 Å². The molecule has 0 saturated heterocycles. The summed E-state index contributed by atoms with van der Waals surface area (Å²) in [5.74, 6) is 0. The Hall–Kier alpha value is -2.61. The lowest BCUT2D eigenvalue weighted by atomic mass is 10.2. The van der Waals surface area contributed by atoms with Crippen LogP contribution in [-0.4, -0.2) is 23.7 Å². The van der Waals surface area contributed by atoms with Gasteiger partial charge in [0.15, 0.2) is 15.9 Å². The molecule has 0 aliphatic rings. The molecule has 0 spiro atoms. The van der Waals surface area contributed by atoms with E-state index in [0.29, 0.717) is 15.9 Å². The van der Waals surface area contributed by atoms with Gasteiger partial charge in [-0.15, -0.1) is 0 Å². The van der Waals surface area contributed by atoms with Crippen LogP contribution in [0.1, 0.15) is 11.3 Å². The molecule has 3 heterocycles. The minimum atomic E-state index is -0.390. The van der Waals surface area contributed by atoms with Gasteiger partial charge in [-0.2, -0.15) is 0 Å². The van der Waals surface area contributed by atoms with Gasteiger partial charge in [0.05, 0.1) is 6.54 Å². The van der Waals surface area contributed by atoms with Gasteiger partial charge in [0.25, 0.3) is 5.56 Å². The summed E-state index contributed by atoms with van der Waals surface area (Å²) in [6.45, 7) is 2.20. The Labute approximate surface area is 150 Å². The highest BCUT2D eigenvalue weighted by molar-refractivity contribution is 9.10. The molecule has 0 bridgehead atoms. The molecule has 7 nitrogen and oxygen atoms in total. The Kier molecular flexibility index (Phi) is 3.47. The summed E-state index contributed by atoms with van der Waals surface area (Å²) in [5.41, 5.74) is 2.97. The minimum absolute atomic E-state index is 0.179. The average Bonchev–Trinajstić information content (AvgIpc) is 3.12. The molecule has 1 aromatic carbocycles. The number of benzene rings is 1. The maximum absolute atomic E-state index is 12.9. The van der Waals surface area contributed by atoms with E-state index in [-0.39, 0.29) is 12.1 Å². The van der Waals surface area contributed by atoms with E-state index in [2.05, 4.69) is 25.9 Å². The number of fused-ring (bicyclic) bond motifs is 2. The molecule has 1 N–H and O–H groups in total. The molecular weight excluding hydrogens is 386 g/mol. The summed E-state index contributed by atoms with van der Waals surface area (Å²) >= 11 is 3.31. The zero-order valence-electron chi connectivity index (χ0n) is 14.0. The molecule has 8 heteroatoms. The standard InChI is InChI=1S/C17H16BrN5O2/c1-9-5-4-6-10-7-11(19-12(9)10)8-23-15(24)13-14(22(3)17(23)25)20-16(18)21(13)2/h4-7,19H,8H2,1-3H3. The number of hydrogen-bond acceptors (Lipinski definition) is 3. The molecule has 0 unspecified atom stereocenters. The van der Waals surface area contributed by atoms with Gasteiger partial charge in [-0.25, -0.2) is 9.78 Å². The quantitative estimate of drug-likeness (QED) is 0.522. The number of nitrogens with zero attached hydrogens (tertiary/aromatic N) is 4. The predicted octanol–water partition coefficient (Wildman–Crippen LogP) is 2.03. The molecule has 25 heavy (non-hydrogen) atoms. The fourth-order valence-corrected chi connectivity index (χ4v) is 3.52. The fourth-order valence-electron chi connectivity index (χ4n) is 3.18. The molecule has 4 rings (SSSR count). The van der Waals surface area contributed by atoms with E-state index in [0.717, 1.165) is 22.2 Å². The average molecular weight is 402 g/mol. The number of aryl methyl sites for hydroxylation is 3. The second-order valence-electron chi connectivity index (χ2n) is 6.18. The zero-order valence-corrected chi connectivity index (χ0v) is 15.6. The first kappa shape index (κ1) is 15.9. The summed E-state index contributed by atoms with van der Waals surface area (Å²) < 4.78 is 4.78. The lowest BCUT2D eigenvalue weighted by Crippen LogP contribution is -2.39. The molecule has 0 saturated carbocycles. The van der Waals surface area contributed by atoms with Crippen LogP contribution in [-0.2, 0) is 20.6 Å². The lowest BCUT2D eigenvalue weighted by molar-refractivity contribution is 0.648. The Bertz CT molecular complexity index is 1260. The number of imidazole rings is 1. The van der Waals surface area contributed by atoms with E-state index in [1.165, 1.54) is 9.13 Å². The summed E-state index contributed by atoms with van der Waals surface area (Å²) in [4.78, 5) is 33.1. The highest BCUT2D eigenvalue weighted by atomic mass is 79.9. The van der Waals surface area contributed by atoms with Gasteiger partial charge in [0, 0.05) is 25.3 Å². The third kappa shape index (κ3) is 2.28. The maximum atomic E-state index is 12.9. The Morgan fingerprint density at radius 1 is 1.20 bits per heavy atom. The smallest absolute Gasteiger partial charge is 0.332 e. The third-order valence-electron chi connectivity index (χ3n) is 4.55. The first-order valence-corrected chi connectivity index (χ1v) is 8.56. The van der Waals surface area contributed by atoms with Gasteiger partial charge >= 0.3 is 5.69 Å². The second kappa shape index (κ2) is 5.45. The van der Waals surface area contributed by atoms with E-state index in [1.54, 1.807) is 18.7 Å². The van der Waals surface area contributed by atoms with Crippen LogP contribution >= 0.6 is 15.9 Å². The van der Waals surface area contributed by atoms with Gasteiger partial charge in [0.1, 0.15) is 0 Å². The van der Waals surface area contributed by atoms with Crippen molar-refractivity contribution in [1.82, 2.24) is 23.7 Å². The molecule has 0 amide bonds. The molecule has 0 atom stereocenters. The minimum Gasteiger partial charge on any atom is -0.357 e. The lowest BCUT2D eigenvalue weighted by Gasteiger charge is -2.07. The SMILES string of the molecule is Cc1cccc2cc(Cn3c(=O)c4c(nc(Br)n4C)n(C)c3=O)[nH]c12. The van der Waals surface area contributed by atoms with Gasteiger partial charge < -0.3 is 9.55 Å². The highest BCUT2D eigenvalue weighted by Crippen LogP contribution is 2.19. The number of aromatic amines is 1. The van der Waals surface area contributed by atoms with Crippen LogP contribution in [0.15, 0.2) is 38.6 Å². The molecule has 0 fully saturated rings. The number of para-hydroxylation sites is 1. The van der Waals surface area contributed by atoms with Crippen molar-refractivity contribution in [2.75, 3.05) is 0 Å². The van der Waals surface area contributed by atoms with Crippen molar-refractivity contribution in [2.45, 2.75) is 13.5 Å². The Morgan fingerprint density at radius 2 is 1.96 bits per heavy atom. The fraction of sp³-hybridized carbons (Fsp3) is 0.235. The number of rotatable bonds is 2. The van der Waals surface area contributed by atoms with Crippen molar-refractivity contribution in [2.24, 2.45) is 14.1 Å². The zero-order chi connectivity index (χ0) is 17.9. The van der Waals surface area contributed by atoms with Gasteiger partial charge in [-0.05, 0) is 39.9 Å². The summed E-state index contributed by atoms with van der Waals surface area (Å²) in [5, 5.41) is 1.06. The van der Waals surface area contributed by atoms with E-state index < -0.39 is 5.69 Å². The Balaban J connectivity index is 1.94. The molecule has 0 aliphatic carbocycles. The van der Waals surface area contributed by atoms with Crippen molar-refractivity contribution in [1.29, 1.82) is 0 Å². The van der Waals surface area contributed by atoms with Crippen LogP contribution in [0.2, 0.25) is 0 Å². The normalized spacial score (nSPS) is 11.7. The third-order valence-corrected chi connectivity index (χ3v) is 5.26. The first-order chi connectivity index (χ1) is 11.9. The van der Waals surface area contributed by atoms with Crippen molar-refractivity contribution < 1.29 is 0 Å². The van der Waals surface area contributed by atoms with Crippen LogP contribution in [0, 0.1) is 6.92 Å². The van der Waals surface area contributed by atoms with Crippen LogP contribution < -0.4 is 11.2 Å². The number of aromatic nitrogens is 5. The number of hydrogen-bond donors (Lipinski definition) is 1. The molecule has 128 valence electrons. The van der Waals surface area contributed by atoms with E-state index >= 15 is 0 Å². The van der Waals surface area contributed by atoms with Crippen LogP contribution in [0.3, 0.4) is 0 Å². The van der Waals surface area contributed by atoms with Crippen LogP contribution in [0.5, 0.6) is 0 Å². The highest BCUT2D eigenvalue weighted by Gasteiger charge is 2.18. The van der Waals surface area contributed by atoms with Crippen molar-refractivity contribution >= 4 is 38.0 Å². The monoisotopic (exact) mass is 401 g/mol. The van der Waals surface area contributed by atoms with Gasteiger partial charge in [0.2, 0.25) is 0 Å². The first-order valence-electron chi connectivity index (χ1n) is 7.77. The molecule has 0 radical (unpaired) electrons. The maximum Gasteiger partial charge on any atom is 0.332 e. The molecule has 3 aromatic heterocycles. The van der Waals surface area contributed by atoms with Gasteiger partial charge in [-0.1, -0.05) is 18.2 Å². The van der Waals surface area contributed by atoms with Crippen molar-refractivity contribution in [3.05, 3.63) is 61.1 Å². The van der Waals surface area contributed by atoms with E-state index in [1.807, 2.05) is 31.2 Å². The second-order valence-corrected chi connectivity index (χ2v) is 6.89. The largest absolute Gasteiger partial charge is 0.357 e. The summed E-state index contributed by atoms with van der Waals surface area (Å²) in [7, 11) is 3.36. The number of halogens is 1. The molecule has 4 aromatic rings. The van der Waals surface area contributed by atoms with Crippen LogP contribution in [0.25, 0.3) is 22.1 Å². The summed E-state index contributed by atoms with van der Waals surface area (Å²) in [6, 6.07) is 7.98. The predicted molar refractivity (Wildman–Crippen MR) is 100 cm³/mol. The topological polar surface area (TPSA) is 77.6 Å². The van der Waals surface area contributed by atoms with Gasteiger partial charge in [-0.3, -0.25) is 13.9 Å². The van der Waals surface area contributed by atoms with Crippen molar-refractivity contribution in [3.8, 4) is 0 Å². The van der Waals surface area contributed by atoms with E-state index in [9.17, 15) is 9.59 Å². The number of H-pyrrole nitrogens is 1. The van der Waals surface area contributed by atoms with Crippen LogP contribution in [0.4, 0.5) is 0 Å². The molecule has 0 aliphatic heterocycles. The van der Waals surface area contributed by atoms with E-state index in [4.69, 9.17) is 0 Å².